The van der Waals surface area contributed by atoms with Crippen LogP contribution in [-0.2, 0) is 11.3 Å². The van der Waals surface area contributed by atoms with Gasteiger partial charge in [-0.2, -0.15) is 0 Å². The third kappa shape index (κ3) is 3.31. The van der Waals surface area contributed by atoms with Gasteiger partial charge in [-0.25, -0.2) is 0 Å². The van der Waals surface area contributed by atoms with Gasteiger partial charge in [0.15, 0.2) is 0 Å². The van der Waals surface area contributed by atoms with Crippen molar-refractivity contribution in [3.05, 3.63) is 53.6 Å². The van der Waals surface area contributed by atoms with Crippen molar-refractivity contribution in [2.24, 2.45) is 0 Å². The van der Waals surface area contributed by atoms with E-state index in [4.69, 9.17) is 11.6 Å². The van der Waals surface area contributed by atoms with Gasteiger partial charge in [0.2, 0.25) is 5.91 Å². The second-order valence-corrected chi connectivity index (χ2v) is 6.10. The van der Waals surface area contributed by atoms with Crippen molar-refractivity contribution >= 4 is 34.0 Å². The molecule has 1 aromatic carbocycles. The molecule has 2 N–H and O–H groups in total. The van der Waals surface area contributed by atoms with Crippen LogP contribution in [0, 0.1) is 0 Å². The van der Waals surface area contributed by atoms with Crippen LogP contribution in [0.15, 0.2) is 37.2 Å². The molecule has 0 radical (unpaired) electrons. The second kappa shape index (κ2) is 6.45. The van der Waals surface area contributed by atoms with E-state index < -0.39 is 0 Å². The minimum atomic E-state index is -0.0692. The number of rotatable bonds is 4. The molecule has 2 heterocycles. The number of halogens is 1. The molecule has 0 saturated carbocycles. The minimum absolute atomic E-state index is 0.0692. The molecule has 3 rings (SSSR count). The van der Waals surface area contributed by atoms with E-state index in [-0.39, 0.29) is 5.91 Å². The van der Waals surface area contributed by atoms with Crippen LogP contribution in [0.25, 0.3) is 27.7 Å². The third-order valence-electron chi connectivity index (χ3n) is 3.66. The van der Waals surface area contributed by atoms with Crippen molar-refractivity contribution in [3.8, 4) is 11.3 Å². The fraction of sp³-hybridized carbons (Fsp3) is 0.167. The van der Waals surface area contributed by atoms with Gasteiger partial charge in [0, 0.05) is 29.1 Å². The van der Waals surface area contributed by atoms with E-state index in [9.17, 15) is 4.79 Å². The second-order valence-electron chi connectivity index (χ2n) is 5.69. The number of nitrogens with zero attached hydrogens (tertiary/aromatic N) is 2. The van der Waals surface area contributed by atoms with Crippen LogP contribution in [-0.4, -0.2) is 20.9 Å². The van der Waals surface area contributed by atoms with E-state index in [1.54, 1.807) is 12.4 Å². The molecule has 0 saturated heterocycles. The summed E-state index contributed by atoms with van der Waals surface area (Å²) in [5, 5.41) is 4.35. The maximum Gasteiger partial charge on any atom is 0.217 e. The van der Waals surface area contributed by atoms with Crippen molar-refractivity contribution in [1.82, 2.24) is 20.3 Å². The van der Waals surface area contributed by atoms with Crippen LogP contribution in [0.2, 0.25) is 5.02 Å². The molecule has 0 fully saturated rings. The Labute approximate surface area is 144 Å². The highest BCUT2D eigenvalue weighted by molar-refractivity contribution is 6.34. The largest absolute Gasteiger partial charge is 0.357 e. The van der Waals surface area contributed by atoms with E-state index in [2.05, 4.69) is 26.8 Å². The molecule has 122 valence electrons. The molecule has 6 heteroatoms. The molecule has 0 spiro atoms. The van der Waals surface area contributed by atoms with Gasteiger partial charge in [0.05, 0.1) is 35.3 Å². The number of aromatic amines is 1. The number of carbonyl (C=O) groups excluding carboxylic acids is 1. The first-order valence-corrected chi connectivity index (χ1v) is 7.85. The zero-order valence-electron chi connectivity index (χ0n) is 13.5. The summed E-state index contributed by atoms with van der Waals surface area (Å²) < 4.78 is 0. The Morgan fingerprint density at radius 1 is 1.25 bits per heavy atom. The van der Waals surface area contributed by atoms with Gasteiger partial charge in [-0.1, -0.05) is 18.2 Å². The predicted molar refractivity (Wildman–Crippen MR) is 96.6 cm³/mol. The van der Waals surface area contributed by atoms with Gasteiger partial charge in [-0.05, 0) is 30.7 Å². The van der Waals surface area contributed by atoms with Crippen molar-refractivity contribution in [1.29, 1.82) is 0 Å². The first-order chi connectivity index (χ1) is 11.4. The fourth-order valence-electron chi connectivity index (χ4n) is 2.41. The summed E-state index contributed by atoms with van der Waals surface area (Å²) in [6.45, 7) is 7.68. The Morgan fingerprint density at radius 2 is 2.04 bits per heavy atom. The van der Waals surface area contributed by atoms with Crippen LogP contribution in [0.5, 0.6) is 0 Å². The molecule has 1 amide bonds. The first-order valence-electron chi connectivity index (χ1n) is 7.48. The summed E-state index contributed by atoms with van der Waals surface area (Å²) in [4.78, 5) is 23.1. The maximum absolute atomic E-state index is 11.0. The molecular formula is C18H17ClN4O. The van der Waals surface area contributed by atoms with Crippen molar-refractivity contribution < 1.29 is 4.79 Å². The highest BCUT2D eigenvalue weighted by Gasteiger charge is 2.10. The normalized spacial score (nSPS) is 10.8. The van der Waals surface area contributed by atoms with E-state index in [0.717, 1.165) is 33.4 Å². The lowest BCUT2D eigenvalue weighted by Crippen LogP contribution is -2.18. The maximum atomic E-state index is 11.0. The molecular weight excluding hydrogens is 324 g/mol. The Morgan fingerprint density at radius 3 is 2.67 bits per heavy atom. The molecule has 0 aliphatic rings. The topological polar surface area (TPSA) is 70.7 Å². The van der Waals surface area contributed by atoms with Gasteiger partial charge in [-0.3, -0.25) is 14.8 Å². The van der Waals surface area contributed by atoms with Gasteiger partial charge in [0.25, 0.3) is 0 Å². The highest BCUT2D eigenvalue weighted by atomic mass is 35.5. The monoisotopic (exact) mass is 340 g/mol. The van der Waals surface area contributed by atoms with E-state index in [1.807, 2.05) is 25.1 Å². The third-order valence-corrected chi connectivity index (χ3v) is 3.97. The predicted octanol–water partition coefficient (Wildman–Crippen LogP) is 3.95. The number of carbonyl (C=O) groups is 1. The standard InChI is InChI=1S/C18H17ClN4O/c1-10(2)17-8-22-18(9-21-17)14-6-16-12(5-15(14)19)4-13(23-16)7-20-11(3)24/h4-6,8-9,23H,1,7H2,2-3H3,(H,20,24). The SMILES string of the molecule is C=C(C)c1cnc(-c2cc3[nH]c(CNC(C)=O)cc3cc2Cl)cn1. The number of amides is 1. The van der Waals surface area contributed by atoms with E-state index in [0.29, 0.717) is 17.3 Å². The molecule has 0 atom stereocenters. The zero-order valence-corrected chi connectivity index (χ0v) is 14.2. The molecule has 5 nitrogen and oxygen atoms in total. The van der Waals surface area contributed by atoms with Crippen LogP contribution in [0.4, 0.5) is 0 Å². The molecule has 2 aromatic heterocycles. The quantitative estimate of drug-likeness (QED) is 0.755. The summed E-state index contributed by atoms with van der Waals surface area (Å²) in [6.07, 6.45) is 3.38. The average molecular weight is 341 g/mol. The Kier molecular flexibility index (Phi) is 4.36. The van der Waals surface area contributed by atoms with Gasteiger partial charge in [0.1, 0.15) is 0 Å². The lowest BCUT2D eigenvalue weighted by molar-refractivity contribution is -0.119. The van der Waals surface area contributed by atoms with Crippen LogP contribution < -0.4 is 5.32 Å². The fourth-order valence-corrected chi connectivity index (χ4v) is 2.68. The summed E-state index contributed by atoms with van der Waals surface area (Å²) in [5.41, 5.74) is 4.97. The lowest BCUT2D eigenvalue weighted by Gasteiger charge is -2.05. The number of hydrogen-bond donors (Lipinski definition) is 2. The number of nitrogens with one attached hydrogen (secondary N) is 2. The zero-order chi connectivity index (χ0) is 17.3. The average Bonchev–Trinajstić information content (AvgIpc) is 2.94. The number of allylic oxidation sites excluding steroid dienone is 1. The number of hydrogen-bond acceptors (Lipinski definition) is 3. The van der Waals surface area contributed by atoms with Crippen LogP contribution in [0.1, 0.15) is 25.2 Å². The Bertz CT molecular complexity index is 928. The van der Waals surface area contributed by atoms with Gasteiger partial charge >= 0.3 is 0 Å². The lowest BCUT2D eigenvalue weighted by atomic mass is 10.1. The molecule has 0 unspecified atom stereocenters. The summed E-state index contributed by atoms with van der Waals surface area (Å²) in [5.74, 6) is -0.0692. The minimum Gasteiger partial charge on any atom is -0.357 e. The number of benzene rings is 1. The summed E-state index contributed by atoms with van der Waals surface area (Å²) in [7, 11) is 0. The Hall–Kier alpha value is -2.66. The molecule has 3 aromatic rings. The number of fused-ring (bicyclic) bond motifs is 1. The van der Waals surface area contributed by atoms with Crippen LogP contribution in [0.3, 0.4) is 0 Å². The highest BCUT2D eigenvalue weighted by Crippen LogP contribution is 2.31. The molecule has 24 heavy (non-hydrogen) atoms. The molecule has 0 aliphatic heterocycles. The summed E-state index contributed by atoms with van der Waals surface area (Å²) in [6, 6.07) is 5.80. The van der Waals surface area contributed by atoms with E-state index >= 15 is 0 Å². The molecule has 0 aliphatic carbocycles. The number of aromatic nitrogens is 3. The smallest absolute Gasteiger partial charge is 0.217 e. The van der Waals surface area contributed by atoms with Crippen molar-refractivity contribution in [2.75, 3.05) is 0 Å². The number of H-pyrrole nitrogens is 1. The van der Waals surface area contributed by atoms with Crippen molar-refractivity contribution in [2.45, 2.75) is 20.4 Å². The van der Waals surface area contributed by atoms with Gasteiger partial charge in [-0.15, -0.1) is 0 Å². The van der Waals surface area contributed by atoms with Crippen molar-refractivity contribution in [3.63, 3.8) is 0 Å². The van der Waals surface area contributed by atoms with Crippen LogP contribution >= 0.6 is 11.6 Å². The first kappa shape index (κ1) is 16.2. The van der Waals surface area contributed by atoms with Gasteiger partial charge < -0.3 is 10.3 Å². The van der Waals surface area contributed by atoms with E-state index in [1.165, 1.54) is 6.92 Å². The Balaban J connectivity index is 1.97. The molecule has 0 bridgehead atoms. The summed E-state index contributed by atoms with van der Waals surface area (Å²) >= 11 is 6.41.